The SMILES string of the molecule is CC(C)c1cnn2c(NC3CC4CCC(C3)N4C(=O)OC3CN(C(=O)OC(C)(C)C)C3)cc(Cl)nc12. The van der Waals surface area contributed by atoms with Crippen molar-refractivity contribution in [3.8, 4) is 0 Å². The summed E-state index contributed by atoms with van der Waals surface area (Å²) >= 11 is 6.34. The van der Waals surface area contributed by atoms with E-state index in [1.807, 2.05) is 36.4 Å². The number of ether oxygens (including phenoxy) is 2. The minimum absolute atomic E-state index is 0.118. The van der Waals surface area contributed by atoms with Gasteiger partial charge in [0.15, 0.2) is 5.65 Å². The van der Waals surface area contributed by atoms with Crippen molar-refractivity contribution in [3.63, 3.8) is 0 Å². The molecule has 0 aromatic carbocycles. The van der Waals surface area contributed by atoms with Crippen molar-refractivity contribution in [2.45, 2.75) is 96.1 Å². The predicted molar refractivity (Wildman–Crippen MR) is 135 cm³/mol. The Hall–Kier alpha value is -2.75. The minimum Gasteiger partial charge on any atom is -0.444 e. The Morgan fingerprint density at radius 3 is 2.42 bits per heavy atom. The zero-order chi connectivity index (χ0) is 25.8. The third-order valence-corrected chi connectivity index (χ3v) is 7.35. The summed E-state index contributed by atoms with van der Waals surface area (Å²) in [5.74, 6) is 1.10. The van der Waals surface area contributed by atoms with Gasteiger partial charge < -0.3 is 24.6 Å². The highest BCUT2D eigenvalue weighted by Gasteiger charge is 2.46. The molecule has 3 saturated heterocycles. The first kappa shape index (κ1) is 24.9. The standard InChI is InChI=1S/C25H35ClN6O4/c1-14(2)19-11-27-32-21(10-20(26)29-22(19)32)28-15-8-16-6-7-17(9-15)31(16)24(34)35-18-12-30(13-18)23(33)36-25(3,4)5/h10-11,14-18,28H,6-9,12-13H2,1-5H3. The number of hydrogen-bond acceptors (Lipinski definition) is 7. The van der Waals surface area contributed by atoms with Gasteiger partial charge in [0.05, 0.1) is 19.3 Å². The van der Waals surface area contributed by atoms with E-state index >= 15 is 0 Å². The number of carbonyl (C=O) groups is 2. The van der Waals surface area contributed by atoms with Gasteiger partial charge in [-0.05, 0) is 52.4 Å². The van der Waals surface area contributed by atoms with Crippen molar-refractivity contribution in [3.05, 3.63) is 23.0 Å². The average Bonchev–Trinajstić information content (AvgIpc) is 3.27. The first-order valence-corrected chi connectivity index (χ1v) is 13.1. The maximum absolute atomic E-state index is 13.0. The van der Waals surface area contributed by atoms with E-state index < -0.39 is 5.60 Å². The van der Waals surface area contributed by atoms with Crippen LogP contribution in [0.5, 0.6) is 0 Å². The summed E-state index contributed by atoms with van der Waals surface area (Å²) in [5.41, 5.74) is 1.28. The van der Waals surface area contributed by atoms with Crippen LogP contribution in [-0.4, -0.2) is 79.5 Å². The smallest absolute Gasteiger partial charge is 0.410 e. The fourth-order valence-electron chi connectivity index (χ4n) is 5.45. The molecular weight excluding hydrogens is 484 g/mol. The third kappa shape index (κ3) is 4.92. The molecule has 2 bridgehead atoms. The maximum atomic E-state index is 13.0. The van der Waals surface area contributed by atoms with Crippen LogP contribution < -0.4 is 5.32 Å². The van der Waals surface area contributed by atoms with Crippen molar-refractivity contribution >= 4 is 35.3 Å². The first-order valence-electron chi connectivity index (χ1n) is 12.8. The van der Waals surface area contributed by atoms with Gasteiger partial charge in [0.1, 0.15) is 22.7 Å². The molecule has 0 spiro atoms. The van der Waals surface area contributed by atoms with Crippen LogP contribution in [-0.2, 0) is 9.47 Å². The van der Waals surface area contributed by atoms with Crippen molar-refractivity contribution in [1.82, 2.24) is 24.4 Å². The molecule has 3 aliphatic heterocycles. The molecular formula is C25H35ClN6O4. The summed E-state index contributed by atoms with van der Waals surface area (Å²) < 4.78 is 12.9. The molecule has 2 amide bonds. The van der Waals surface area contributed by atoms with Gasteiger partial charge >= 0.3 is 12.2 Å². The highest BCUT2D eigenvalue weighted by atomic mass is 35.5. The zero-order valence-corrected chi connectivity index (χ0v) is 22.3. The van der Waals surface area contributed by atoms with Crippen LogP contribution in [0.15, 0.2) is 12.3 Å². The molecule has 3 fully saturated rings. The Morgan fingerprint density at radius 2 is 1.81 bits per heavy atom. The third-order valence-electron chi connectivity index (χ3n) is 7.15. The van der Waals surface area contributed by atoms with E-state index in [1.54, 1.807) is 11.0 Å². The lowest BCUT2D eigenvalue weighted by Crippen LogP contribution is -2.58. The van der Waals surface area contributed by atoms with Crippen LogP contribution in [0, 0.1) is 0 Å². The monoisotopic (exact) mass is 518 g/mol. The van der Waals surface area contributed by atoms with Crippen LogP contribution in [0.3, 0.4) is 0 Å². The highest BCUT2D eigenvalue weighted by Crippen LogP contribution is 2.38. The Balaban J connectivity index is 1.18. The summed E-state index contributed by atoms with van der Waals surface area (Å²) in [6.45, 7) is 10.5. The number of carbonyl (C=O) groups excluding carboxylic acids is 2. The summed E-state index contributed by atoms with van der Waals surface area (Å²) in [4.78, 5) is 33.1. The summed E-state index contributed by atoms with van der Waals surface area (Å²) in [6, 6.07) is 2.23. The molecule has 5 heterocycles. The van der Waals surface area contributed by atoms with Crippen LogP contribution >= 0.6 is 11.6 Å². The van der Waals surface area contributed by atoms with E-state index in [0.717, 1.165) is 42.7 Å². The lowest BCUT2D eigenvalue weighted by molar-refractivity contribution is -0.0485. The fraction of sp³-hybridized carbons (Fsp3) is 0.680. The van der Waals surface area contributed by atoms with Crippen LogP contribution in [0.2, 0.25) is 5.15 Å². The van der Waals surface area contributed by atoms with Crippen LogP contribution in [0.4, 0.5) is 15.4 Å². The molecule has 5 rings (SSSR count). The van der Waals surface area contributed by atoms with Gasteiger partial charge in [0.25, 0.3) is 0 Å². The van der Waals surface area contributed by atoms with E-state index in [0.29, 0.717) is 24.2 Å². The van der Waals surface area contributed by atoms with Crippen LogP contribution in [0.25, 0.3) is 5.65 Å². The number of nitrogens with one attached hydrogen (secondary N) is 1. The largest absolute Gasteiger partial charge is 0.444 e. The van der Waals surface area contributed by atoms with Crippen LogP contribution in [0.1, 0.15) is 71.8 Å². The van der Waals surface area contributed by atoms with Gasteiger partial charge in [-0.1, -0.05) is 25.4 Å². The first-order chi connectivity index (χ1) is 17.0. The number of halogens is 1. The second-order valence-corrected chi connectivity index (χ2v) is 11.8. The van der Waals surface area contributed by atoms with Gasteiger partial charge in [0, 0.05) is 29.8 Å². The number of rotatable bonds is 4. The molecule has 36 heavy (non-hydrogen) atoms. The average molecular weight is 519 g/mol. The number of fused-ring (bicyclic) bond motifs is 3. The van der Waals surface area contributed by atoms with Crippen molar-refractivity contribution in [2.24, 2.45) is 0 Å². The molecule has 0 aliphatic carbocycles. The molecule has 3 aliphatic rings. The Morgan fingerprint density at radius 1 is 1.14 bits per heavy atom. The van der Waals surface area contributed by atoms with Gasteiger partial charge in [-0.2, -0.15) is 9.61 Å². The van der Waals surface area contributed by atoms with Gasteiger partial charge in [-0.15, -0.1) is 0 Å². The Kier molecular flexibility index (Phi) is 6.43. The number of piperidine rings is 1. The molecule has 2 atom stereocenters. The number of amides is 2. The minimum atomic E-state index is -0.544. The van der Waals surface area contributed by atoms with E-state index in [1.165, 1.54) is 0 Å². The maximum Gasteiger partial charge on any atom is 0.410 e. The van der Waals surface area contributed by atoms with Crippen molar-refractivity contribution in [1.29, 1.82) is 0 Å². The molecule has 2 unspecified atom stereocenters. The number of aromatic nitrogens is 3. The predicted octanol–water partition coefficient (Wildman–Crippen LogP) is 4.67. The van der Waals surface area contributed by atoms with E-state index in [9.17, 15) is 9.59 Å². The molecule has 0 radical (unpaired) electrons. The highest BCUT2D eigenvalue weighted by molar-refractivity contribution is 6.29. The van der Waals surface area contributed by atoms with Crippen molar-refractivity contribution in [2.75, 3.05) is 18.4 Å². The quantitative estimate of drug-likeness (QED) is 0.587. The second kappa shape index (κ2) is 9.28. The fourth-order valence-corrected chi connectivity index (χ4v) is 5.64. The molecule has 2 aromatic heterocycles. The van der Waals surface area contributed by atoms with E-state index in [2.05, 4.69) is 29.2 Å². The normalized spacial score (nSPS) is 24.2. The number of likely N-dealkylation sites (tertiary alicyclic amines) is 1. The van der Waals surface area contributed by atoms with Gasteiger partial charge in [0.2, 0.25) is 0 Å². The Bertz CT molecular complexity index is 1140. The molecule has 2 aromatic rings. The van der Waals surface area contributed by atoms with Gasteiger partial charge in [-0.3, -0.25) is 0 Å². The summed E-state index contributed by atoms with van der Waals surface area (Å²) in [6.07, 6.45) is 4.46. The molecule has 0 saturated carbocycles. The number of anilines is 1. The lowest BCUT2D eigenvalue weighted by atomic mass is 9.98. The second-order valence-electron chi connectivity index (χ2n) is 11.5. The topological polar surface area (TPSA) is 101 Å². The molecule has 11 heteroatoms. The van der Waals surface area contributed by atoms with E-state index in [-0.39, 0.29) is 36.4 Å². The number of nitrogens with zero attached hydrogens (tertiary/aromatic N) is 5. The summed E-state index contributed by atoms with van der Waals surface area (Å²) in [5, 5.41) is 8.59. The molecule has 196 valence electrons. The lowest BCUT2D eigenvalue weighted by Gasteiger charge is -2.42. The summed E-state index contributed by atoms with van der Waals surface area (Å²) in [7, 11) is 0. The van der Waals surface area contributed by atoms with E-state index in [4.69, 9.17) is 21.1 Å². The van der Waals surface area contributed by atoms with Gasteiger partial charge in [-0.25, -0.2) is 14.6 Å². The Labute approximate surface area is 216 Å². The molecule has 10 nitrogen and oxygen atoms in total. The molecule has 1 N–H and O–H groups in total. The van der Waals surface area contributed by atoms with Crippen molar-refractivity contribution < 1.29 is 19.1 Å². The number of hydrogen-bond donors (Lipinski definition) is 1. The zero-order valence-electron chi connectivity index (χ0n) is 21.5.